The van der Waals surface area contributed by atoms with E-state index in [4.69, 9.17) is 10.3 Å². The van der Waals surface area contributed by atoms with Gasteiger partial charge in [0.05, 0.1) is 5.69 Å². The molecule has 0 saturated heterocycles. The number of pyridine rings is 1. The normalized spacial score (nSPS) is 11.8. The zero-order valence-corrected chi connectivity index (χ0v) is 15.5. The van der Waals surface area contributed by atoms with Gasteiger partial charge >= 0.3 is 0 Å². The molecule has 1 aromatic carbocycles. The highest BCUT2D eigenvalue weighted by atomic mass is 16.5. The van der Waals surface area contributed by atoms with Gasteiger partial charge in [0.25, 0.3) is 11.8 Å². The molecule has 8 heteroatoms. The summed E-state index contributed by atoms with van der Waals surface area (Å²) in [5.74, 6) is -0.661. The Kier molecular flexibility index (Phi) is 5.51. The van der Waals surface area contributed by atoms with Crippen LogP contribution in [0.15, 0.2) is 53.1 Å². The van der Waals surface area contributed by atoms with E-state index in [9.17, 15) is 14.7 Å². The van der Waals surface area contributed by atoms with Gasteiger partial charge in [-0.1, -0.05) is 29.4 Å². The number of rotatable bonds is 6. The highest BCUT2D eigenvalue weighted by Gasteiger charge is 2.24. The monoisotopic (exact) mass is 380 g/mol. The quantitative estimate of drug-likeness (QED) is 0.674. The van der Waals surface area contributed by atoms with Crippen LogP contribution in [0.4, 0.5) is 0 Å². The predicted molar refractivity (Wildman–Crippen MR) is 102 cm³/mol. The third-order valence-corrected chi connectivity index (χ3v) is 4.34. The van der Waals surface area contributed by atoms with E-state index in [-0.39, 0.29) is 11.4 Å². The van der Waals surface area contributed by atoms with Gasteiger partial charge in [0.2, 0.25) is 0 Å². The number of amides is 2. The molecule has 0 aliphatic heterocycles. The van der Waals surface area contributed by atoms with E-state index in [2.05, 4.69) is 10.1 Å². The van der Waals surface area contributed by atoms with Crippen LogP contribution < -0.4 is 5.73 Å². The third-order valence-electron chi connectivity index (χ3n) is 4.34. The highest BCUT2D eigenvalue weighted by molar-refractivity contribution is 5.91. The number of hydrogen-bond acceptors (Lipinski definition) is 6. The largest absolute Gasteiger partial charge is 0.377 e. The number of aromatic nitrogens is 2. The lowest BCUT2D eigenvalue weighted by molar-refractivity contribution is -0.139. The van der Waals surface area contributed by atoms with Gasteiger partial charge in [-0.3, -0.25) is 9.59 Å². The Morgan fingerprint density at radius 2 is 1.89 bits per heavy atom. The Balaban J connectivity index is 1.89. The van der Waals surface area contributed by atoms with Crippen LogP contribution in [0.5, 0.6) is 0 Å². The molecule has 0 bridgehead atoms. The fourth-order valence-corrected chi connectivity index (χ4v) is 2.61. The molecule has 0 aliphatic rings. The van der Waals surface area contributed by atoms with E-state index in [1.165, 1.54) is 11.0 Å². The van der Waals surface area contributed by atoms with Gasteiger partial charge < -0.3 is 20.3 Å². The molecule has 1 atom stereocenters. The van der Waals surface area contributed by atoms with Gasteiger partial charge in [0.1, 0.15) is 11.4 Å². The maximum atomic E-state index is 12.1. The van der Waals surface area contributed by atoms with Crippen LogP contribution in [-0.4, -0.2) is 45.6 Å². The summed E-state index contributed by atoms with van der Waals surface area (Å²) in [6, 6.07) is 13.8. The van der Waals surface area contributed by atoms with E-state index in [0.29, 0.717) is 23.6 Å². The summed E-state index contributed by atoms with van der Waals surface area (Å²) in [5, 5.41) is 14.0. The van der Waals surface area contributed by atoms with Crippen LogP contribution in [0, 0.1) is 0 Å². The van der Waals surface area contributed by atoms with E-state index in [0.717, 1.165) is 5.56 Å². The second kappa shape index (κ2) is 8.01. The lowest BCUT2D eigenvalue weighted by Crippen LogP contribution is -2.31. The molecule has 3 rings (SSSR count). The molecule has 0 saturated carbocycles. The molecule has 144 valence electrons. The van der Waals surface area contributed by atoms with E-state index in [1.54, 1.807) is 37.4 Å². The number of aliphatic hydroxyl groups is 1. The molecule has 2 aromatic heterocycles. The molecule has 0 spiro atoms. The second-order valence-electron chi connectivity index (χ2n) is 6.22. The molecule has 3 N–H and O–H groups in total. The Morgan fingerprint density at radius 3 is 2.61 bits per heavy atom. The van der Waals surface area contributed by atoms with Crippen LogP contribution in [0.3, 0.4) is 0 Å². The van der Waals surface area contributed by atoms with Crippen molar-refractivity contribution in [2.45, 2.75) is 13.0 Å². The number of benzene rings is 1. The summed E-state index contributed by atoms with van der Waals surface area (Å²) in [7, 11) is 1.60. The van der Waals surface area contributed by atoms with Crippen molar-refractivity contribution < 1.29 is 19.2 Å². The zero-order chi connectivity index (χ0) is 20.3. The van der Waals surface area contributed by atoms with Gasteiger partial charge in [-0.05, 0) is 25.1 Å². The van der Waals surface area contributed by atoms with Gasteiger partial charge in [-0.2, -0.15) is 0 Å². The topological polar surface area (TPSA) is 123 Å². The number of carbonyl (C=O) groups excluding carboxylic acids is 2. The smallest absolute Gasteiger partial charge is 0.267 e. The summed E-state index contributed by atoms with van der Waals surface area (Å²) in [6.07, 6.45) is -1.39. The number of carbonyl (C=O) groups is 2. The molecule has 8 nitrogen and oxygen atoms in total. The molecule has 0 fully saturated rings. The Labute approximate surface area is 161 Å². The van der Waals surface area contributed by atoms with Crippen LogP contribution in [-0.2, 0) is 4.79 Å². The van der Waals surface area contributed by atoms with Crippen LogP contribution >= 0.6 is 0 Å². The van der Waals surface area contributed by atoms with E-state index < -0.39 is 17.9 Å². The molecule has 2 heterocycles. The Morgan fingerprint density at radius 1 is 1.18 bits per heavy atom. The van der Waals surface area contributed by atoms with Crippen molar-refractivity contribution in [2.75, 3.05) is 13.6 Å². The summed E-state index contributed by atoms with van der Waals surface area (Å²) in [6.45, 7) is 2.28. The first-order valence-electron chi connectivity index (χ1n) is 8.68. The summed E-state index contributed by atoms with van der Waals surface area (Å²) in [4.78, 5) is 29.1. The molecule has 28 heavy (non-hydrogen) atoms. The molecule has 0 radical (unpaired) electrons. The fraction of sp³-hybridized carbons (Fsp3) is 0.200. The second-order valence-corrected chi connectivity index (χ2v) is 6.22. The molecular weight excluding hydrogens is 360 g/mol. The number of likely N-dealkylation sites (N-methyl/N-ethyl adjacent to an activating group) is 1. The van der Waals surface area contributed by atoms with Crippen LogP contribution in [0.2, 0.25) is 0 Å². The van der Waals surface area contributed by atoms with Crippen LogP contribution in [0.1, 0.15) is 29.2 Å². The SMILES string of the molecule is CCN(C)C(=O)[C@H](O)c1cc(-c2cccc(-c3cccc(C(N)=O)n3)c2)on1. The van der Waals surface area contributed by atoms with Gasteiger partial charge in [-0.25, -0.2) is 4.98 Å². The lowest BCUT2D eigenvalue weighted by atomic mass is 10.0. The lowest BCUT2D eigenvalue weighted by Gasteiger charge is -2.16. The predicted octanol–water partition coefficient (Wildman–Crippen LogP) is 2.01. The maximum Gasteiger partial charge on any atom is 0.267 e. The van der Waals surface area contributed by atoms with Crippen molar-refractivity contribution >= 4 is 11.8 Å². The fourth-order valence-electron chi connectivity index (χ4n) is 2.61. The van der Waals surface area contributed by atoms with Gasteiger partial charge in [0, 0.05) is 30.8 Å². The van der Waals surface area contributed by atoms with E-state index in [1.807, 2.05) is 19.1 Å². The standard InChI is InChI=1S/C20H20N4O4/c1-3-24(2)20(27)18(25)16-11-17(28-23-16)13-7-4-6-12(10-13)14-8-5-9-15(22-14)19(21)26/h4-11,18,25H,3H2,1-2H3,(H2,21,26)/t18-/m1/s1. The maximum absolute atomic E-state index is 12.1. The average Bonchev–Trinajstić information content (AvgIpc) is 3.22. The van der Waals surface area contributed by atoms with Gasteiger partial charge in [0.15, 0.2) is 11.9 Å². The van der Waals surface area contributed by atoms with Gasteiger partial charge in [-0.15, -0.1) is 0 Å². The van der Waals surface area contributed by atoms with Crippen molar-refractivity contribution in [3.05, 3.63) is 59.9 Å². The first kappa shape index (κ1) is 19.2. The minimum absolute atomic E-state index is 0.138. The minimum atomic E-state index is -1.39. The van der Waals surface area contributed by atoms with Crippen molar-refractivity contribution in [3.8, 4) is 22.6 Å². The number of nitrogens with two attached hydrogens (primary N) is 1. The third kappa shape index (κ3) is 3.91. The summed E-state index contributed by atoms with van der Waals surface area (Å²) >= 11 is 0. The Bertz CT molecular complexity index is 1010. The average molecular weight is 380 g/mol. The first-order valence-corrected chi connectivity index (χ1v) is 8.68. The van der Waals surface area contributed by atoms with Crippen molar-refractivity contribution in [2.24, 2.45) is 5.73 Å². The molecule has 0 unspecified atom stereocenters. The van der Waals surface area contributed by atoms with Crippen molar-refractivity contribution in [1.29, 1.82) is 0 Å². The number of nitrogens with zero attached hydrogens (tertiary/aromatic N) is 3. The summed E-state index contributed by atoms with van der Waals surface area (Å²) in [5.41, 5.74) is 7.62. The number of hydrogen-bond donors (Lipinski definition) is 2. The Hall–Kier alpha value is -3.52. The van der Waals surface area contributed by atoms with Crippen molar-refractivity contribution in [3.63, 3.8) is 0 Å². The molecular formula is C20H20N4O4. The highest BCUT2D eigenvalue weighted by Crippen LogP contribution is 2.27. The molecule has 3 aromatic rings. The molecule has 0 aliphatic carbocycles. The zero-order valence-electron chi connectivity index (χ0n) is 15.5. The first-order chi connectivity index (χ1) is 13.4. The van der Waals surface area contributed by atoms with Crippen LogP contribution in [0.25, 0.3) is 22.6 Å². The summed E-state index contributed by atoms with van der Waals surface area (Å²) < 4.78 is 5.31. The number of primary amides is 1. The van der Waals surface area contributed by atoms with E-state index >= 15 is 0 Å². The minimum Gasteiger partial charge on any atom is -0.377 e. The number of aliphatic hydroxyl groups excluding tert-OH is 1. The molecule has 2 amide bonds. The van der Waals surface area contributed by atoms with Crippen molar-refractivity contribution in [1.82, 2.24) is 15.0 Å².